The second kappa shape index (κ2) is 3.54. The van der Waals surface area contributed by atoms with Crippen molar-refractivity contribution in [1.82, 2.24) is 15.5 Å². The smallest absolute Gasteiger partial charge is 0.194 e. The van der Waals surface area contributed by atoms with Crippen molar-refractivity contribution < 1.29 is 0 Å². The lowest BCUT2D eigenvalue weighted by molar-refractivity contribution is 0.203. The van der Waals surface area contributed by atoms with E-state index in [-0.39, 0.29) is 0 Å². The Hall–Kier alpha value is -0.770. The van der Waals surface area contributed by atoms with Gasteiger partial charge >= 0.3 is 0 Å². The third kappa shape index (κ3) is 1.63. The van der Waals surface area contributed by atoms with Crippen LogP contribution >= 0.6 is 0 Å². The third-order valence-corrected chi connectivity index (χ3v) is 2.73. The molecule has 2 aliphatic heterocycles. The molecular formula is C9H18N4. The summed E-state index contributed by atoms with van der Waals surface area (Å²) in [4.78, 5) is 6.86. The summed E-state index contributed by atoms with van der Waals surface area (Å²) in [7, 11) is 0. The van der Waals surface area contributed by atoms with Crippen LogP contribution in [0.4, 0.5) is 0 Å². The van der Waals surface area contributed by atoms with E-state index in [0.29, 0.717) is 12.1 Å². The van der Waals surface area contributed by atoms with E-state index in [9.17, 15) is 0 Å². The molecule has 2 atom stereocenters. The van der Waals surface area contributed by atoms with Crippen LogP contribution < -0.4 is 10.6 Å². The van der Waals surface area contributed by atoms with Crippen molar-refractivity contribution in [2.75, 3.05) is 26.2 Å². The SMILES string of the molecule is CC1CNCC(C)N1C1=NCCN1. The second-order valence-corrected chi connectivity index (χ2v) is 3.90. The largest absolute Gasteiger partial charge is 0.354 e. The fourth-order valence-corrected chi connectivity index (χ4v) is 2.11. The van der Waals surface area contributed by atoms with Gasteiger partial charge in [0.1, 0.15) is 0 Å². The summed E-state index contributed by atoms with van der Waals surface area (Å²) in [5.74, 6) is 1.10. The van der Waals surface area contributed by atoms with Gasteiger partial charge in [-0.3, -0.25) is 4.99 Å². The molecule has 0 saturated carbocycles. The molecule has 0 bridgehead atoms. The molecule has 0 amide bonds. The van der Waals surface area contributed by atoms with Gasteiger partial charge in [0.2, 0.25) is 0 Å². The van der Waals surface area contributed by atoms with Crippen LogP contribution in [0.25, 0.3) is 0 Å². The van der Waals surface area contributed by atoms with Crippen LogP contribution in [0.5, 0.6) is 0 Å². The fraction of sp³-hybridized carbons (Fsp3) is 0.889. The van der Waals surface area contributed by atoms with Crippen LogP contribution in [-0.4, -0.2) is 49.1 Å². The molecule has 1 fully saturated rings. The molecular weight excluding hydrogens is 164 g/mol. The van der Waals surface area contributed by atoms with E-state index in [1.807, 2.05) is 0 Å². The van der Waals surface area contributed by atoms with Crippen molar-refractivity contribution in [1.29, 1.82) is 0 Å². The van der Waals surface area contributed by atoms with Gasteiger partial charge in [-0.05, 0) is 13.8 Å². The Morgan fingerprint density at radius 3 is 2.54 bits per heavy atom. The Balaban J connectivity index is 2.08. The predicted octanol–water partition coefficient (Wildman–Crippen LogP) is -0.372. The molecule has 2 rings (SSSR count). The molecule has 1 saturated heterocycles. The molecule has 74 valence electrons. The lowest BCUT2D eigenvalue weighted by Gasteiger charge is -2.40. The molecule has 0 spiro atoms. The summed E-state index contributed by atoms with van der Waals surface area (Å²) in [6.07, 6.45) is 0. The number of hydrogen-bond donors (Lipinski definition) is 2. The molecule has 0 radical (unpaired) electrons. The average molecular weight is 182 g/mol. The van der Waals surface area contributed by atoms with Crippen LogP contribution in [-0.2, 0) is 0 Å². The summed E-state index contributed by atoms with van der Waals surface area (Å²) in [5.41, 5.74) is 0. The van der Waals surface area contributed by atoms with E-state index in [4.69, 9.17) is 0 Å². The van der Waals surface area contributed by atoms with Crippen molar-refractivity contribution >= 4 is 5.96 Å². The Morgan fingerprint density at radius 2 is 2.00 bits per heavy atom. The highest BCUT2D eigenvalue weighted by Crippen LogP contribution is 2.10. The number of nitrogens with one attached hydrogen (secondary N) is 2. The highest BCUT2D eigenvalue weighted by atomic mass is 15.4. The van der Waals surface area contributed by atoms with E-state index < -0.39 is 0 Å². The summed E-state index contributed by atoms with van der Waals surface area (Å²) >= 11 is 0. The van der Waals surface area contributed by atoms with Crippen LogP contribution in [0.3, 0.4) is 0 Å². The zero-order valence-corrected chi connectivity index (χ0v) is 8.38. The zero-order chi connectivity index (χ0) is 9.26. The molecule has 0 aliphatic carbocycles. The Morgan fingerprint density at radius 1 is 1.31 bits per heavy atom. The van der Waals surface area contributed by atoms with Crippen molar-refractivity contribution in [3.63, 3.8) is 0 Å². The number of rotatable bonds is 0. The Labute approximate surface area is 79.4 Å². The van der Waals surface area contributed by atoms with Crippen LogP contribution in [0.15, 0.2) is 4.99 Å². The molecule has 0 aromatic carbocycles. The van der Waals surface area contributed by atoms with Gasteiger partial charge in [0.05, 0.1) is 6.54 Å². The minimum Gasteiger partial charge on any atom is -0.354 e. The molecule has 0 aromatic heterocycles. The lowest BCUT2D eigenvalue weighted by Crippen LogP contribution is -2.59. The highest BCUT2D eigenvalue weighted by molar-refractivity contribution is 5.82. The summed E-state index contributed by atoms with van der Waals surface area (Å²) < 4.78 is 0. The topological polar surface area (TPSA) is 39.7 Å². The van der Waals surface area contributed by atoms with E-state index in [1.54, 1.807) is 0 Å². The van der Waals surface area contributed by atoms with Crippen molar-refractivity contribution in [3.05, 3.63) is 0 Å². The normalized spacial score (nSPS) is 34.3. The molecule has 4 nitrogen and oxygen atoms in total. The van der Waals surface area contributed by atoms with Gasteiger partial charge in [0.15, 0.2) is 5.96 Å². The average Bonchev–Trinajstić information content (AvgIpc) is 2.57. The first kappa shape index (κ1) is 8.81. The third-order valence-electron chi connectivity index (χ3n) is 2.73. The Bertz CT molecular complexity index is 204. The van der Waals surface area contributed by atoms with E-state index in [1.165, 1.54) is 0 Å². The fourth-order valence-electron chi connectivity index (χ4n) is 2.11. The maximum Gasteiger partial charge on any atom is 0.194 e. The van der Waals surface area contributed by atoms with E-state index in [0.717, 1.165) is 32.1 Å². The minimum absolute atomic E-state index is 0.549. The van der Waals surface area contributed by atoms with Crippen molar-refractivity contribution in [2.45, 2.75) is 25.9 Å². The molecule has 0 aromatic rings. The number of hydrogen-bond acceptors (Lipinski definition) is 4. The standard InChI is InChI=1S/C9H18N4/c1-7-5-10-6-8(2)13(7)9-11-3-4-12-9/h7-8,10H,3-6H2,1-2H3,(H,11,12). The highest BCUT2D eigenvalue weighted by Gasteiger charge is 2.28. The molecule has 13 heavy (non-hydrogen) atoms. The van der Waals surface area contributed by atoms with Gasteiger partial charge in [0, 0.05) is 31.7 Å². The van der Waals surface area contributed by atoms with Gasteiger partial charge in [0.25, 0.3) is 0 Å². The monoisotopic (exact) mass is 182 g/mol. The number of guanidine groups is 1. The molecule has 2 unspecified atom stereocenters. The minimum atomic E-state index is 0.549. The second-order valence-electron chi connectivity index (χ2n) is 3.90. The van der Waals surface area contributed by atoms with Gasteiger partial charge in [-0.25, -0.2) is 0 Å². The quantitative estimate of drug-likeness (QED) is 0.537. The predicted molar refractivity (Wildman–Crippen MR) is 53.9 cm³/mol. The zero-order valence-electron chi connectivity index (χ0n) is 8.38. The van der Waals surface area contributed by atoms with Crippen molar-refractivity contribution in [2.24, 2.45) is 4.99 Å². The van der Waals surface area contributed by atoms with Gasteiger partial charge in [-0.1, -0.05) is 0 Å². The molecule has 2 N–H and O–H groups in total. The first-order valence-electron chi connectivity index (χ1n) is 5.06. The van der Waals surface area contributed by atoms with Crippen molar-refractivity contribution in [3.8, 4) is 0 Å². The van der Waals surface area contributed by atoms with Crippen LogP contribution in [0.2, 0.25) is 0 Å². The number of piperazine rings is 1. The molecule has 4 heteroatoms. The number of nitrogens with zero attached hydrogens (tertiary/aromatic N) is 2. The van der Waals surface area contributed by atoms with E-state index in [2.05, 4.69) is 34.4 Å². The van der Waals surface area contributed by atoms with Gasteiger partial charge in [-0.15, -0.1) is 0 Å². The van der Waals surface area contributed by atoms with Crippen LogP contribution in [0, 0.1) is 0 Å². The maximum absolute atomic E-state index is 4.46. The molecule has 2 heterocycles. The summed E-state index contributed by atoms with van der Waals surface area (Å²) in [6.45, 7) is 8.53. The summed E-state index contributed by atoms with van der Waals surface area (Å²) in [6, 6.07) is 1.10. The number of aliphatic imine (C=N–C) groups is 1. The lowest BCUT2D eigenvalue weighted by atomic mass is 10.1. The first-order valence-corrected chi connectivity index (χ1v) is 5.06. The maximum atomic E-state index is 4.46. The van der Waals surface area contributed by atoms with Gasteiger partial charge < -0.3 is 15.5 Å². The van der Waals surface area contributed by atoms with Gasteiger partial charge in [-0.2, -0.15) is 0 Å². The molecule has 2 aliphatic rings. The first-order chi connectivity index (χ1) is 6.29. The summed E-state index contributed by atoms with van der Waals surface area (Å²) in [5, 5.41) is 6.75. The van der Waals surface area contributed by atoms with E-state index >= 15 is 0 Å². The van der Waals surface area contributed by atoms with Crippen LogP contribution in [0.1, 0.15) is 13.8 Å². The Kier molecular flexibility index (Phi) is 2.40.